The molecule has 0 atom stereocenters. The molecule has 0 unspecified atom stereocenters. The summed E-state index contributed by atoms with van der Waals surface area (Å²) in [6.45, 7) is 4.88. The van der Waals surface area contributed by atoms with E-state index in [-0.39, 0.29) is 16.9 Å². The van der Waals surface area contributed by atoms with Crippen LogP contribution >= 0.6 is 0 Å². The second kappa shape index (κ2) is 5.19. The van der Waals surface area contributed by atoms with Crippen LogP contribution in [0.15, 0.2) is 23.2 Å². The normalized spacial score (nSPS) is 17.7. The van der Waals surface area contributed by atoms with Crippen LogP contribution < -0.4 is 10.5 Å². The molecule has 2 rings (SSSR count). The molecule has 0 bridgehead atoms. The van der Waals surface area contributed by atoms with Gasteiger partial charge in [0.2, 0.25) is 10.0 Å². The van der Waals surface area contributed by atoms with Crippen LogP contribution in [0.2, 0.25) is 0 Å². The first-order valence-electron chi connectivity index (χ1n) is 6.55. The van der Waals surface area contributed by atoms with Gasteiger partial charge in [0.25, 0.3) is 0 Å². The van der Waals surface area contributed by atoms with Gasteiger partial charge in [-0.25, -0.2) is 13.1 Å². The van der Waals surface area contributed by atoms with Gasteiger partial charge < -0.3 is 5.73 Å². The van der Waals surface area contributed by atoms with Crippen molar-refractivity contribution in [1.29, 1.82) is 0 Å². The van der Waals surface area contributed by atoms with E-state index in [1.807, 2.05) is 0 Å². The van der Waals surface area contributed by atoms with Crippen LogP contribution in [0.25, 0.3) is 0 Å². The standard InChI is InChI=1S/C13H21N3O2S/c1-10(2)13(5-6-13)9-16-19(17,18)12-4-3-7-15-11(12)8-14/h3-4,7,10,16H,5-6,8-9,14H2,1-2H3. The zero-order chi connectivity index (χ0) is 14.1. The minimum absolute atomic E-state index is 0.117. The number of nitrogens with one attached hydrogen (secondary N) is 1. The summed E-state index contributed by atoms with van der Waals surface area (Å²) in [4.78, 5) is 4.21. The third-order valence-electron chi connectivity index (χ3n) is 4.06. The predicted molar refractivity (Wildman–Crippen MR) is 73.8 cm³/mol. The third kappa shape index (κ3) is 2.96. The molecule has 1 saturated carbocycles. The van der Waals surface area contributed by atoms with Gasteiger partial charge in [0, 0.05) is 19.3 Å². The smallest absolute Gasteiger partial charge is 0.242 e. The van der Waals surface area contributed by atoms with Crippen molar-refractivity contribution in [2.45, 2.75) is 38.1 Å². The quantitative estimate of drug-likeness (QED) is 0.823. The van der Waals surface area contributed by atoms with Gasteiger partial charge in [0.15, 0.2) is 0 Å². The number of hydrogen-bond donors (Lipinski definition) is 2. The molecule has 1 aromatic heterocycles. The lowest BCUT2D eigenvalue weighted by Crippen LogP contribution is -2.33. The van der Waals surface area contributed by atoms with Crippen molar-refractivity contribution < 1.29 is 8.42 Å². The van der Waals surface area contributed by atoms with Crippen LogP contribution in [-0.2, 0) is 16.6 Å². The number of hydrogen-bond acceptors (Lipinski definition) is 4. The summed E-state index contributed by atoms with van der Waals surface area (Å²) < 4.78 is 27.3. The summed E-state index contributed by atoms with van der Waals surface area (Å²) in [6, 6.07) is 3.16. The lowest BCUT2D eigenvalue weighted by molar-refractivity contribution is 0.357. The molecule has 19 heavy (non-hydrogen) atoms. The molecular weight excluding hydrogens is 262 g/mol. The number of pyridine rings is 1. The molecule has 106 valence electrons. The third-order valence-corrected chi connectivity index (χ3v) is 5.54. The average Bonchev–Trinajstić information content (AvgIpc) is 3.18. The van der Waals surface area contributed by atoms with Crippen molar-refractivity contribution in [3.63, 3.8) is 0 Å². The molecular formula is C13H21N3O2S. The van der Waals surface area contributed by atoms with Gasteiger partial charge in [0.05, 0.1) is 5.69 Å². The highest BCUT2D eigenvalue weighted by Gasteiger charge is 2.45. The van der Waals surface area contributed by atoms with E-state index in [2.05, 4.69) is 23.6 Å². The molecule has 0 spiro atoms. The maximum absolute atomic E-state index is 12.3. The molecule has 5 nitrogen and oxygen atoms in total. The summed E-state index contributed by atoms with van der Waals surface area (Å²) in [5.41, 5.74) is 6.08. The Kier molecular flexibility index (Phi) is 3.94. The van der Waals surface area contributed by atoms with E-state index in [0.717, 1.165) is 12.8 Å². The highest BCUT2D eigenvalue weighted by atomic mass is 32.2. The zero-order valence-electron chi connectivity index (χ0n) is 11.4. The first-order chi connectivity index (χ1) is 8.91. The van der Waals surface area contributed by atoms with E-state index in [1.165, 1.54) is 0 Å². The molecule has 0 aliphatic heterocycles. The monoisotopic (exact) mass is 283 g/mol. The molecule has 1 aliphatic carbocycles. The average molecular weight is 283 g/mol. The highest BCUT2D eigenvalue weighted by molar-refractivity contribution is 7.89. The van der Waals surface area contributed by atoms with Gasteiger partial charge in [0.1, 0.15) is 4.90 Å². The van der Waals surface area contributed by atoms with Crippen molar-refractivity contribution in [2.24, 2.45) is 17.1 Å². The second-order valence-corrected chi connectivity index (χ2v) is 7.23. The number of nitrogens with zero attached hydrogens (tertiary/aromatic N) is 1. The van der Waals surface area contributed by atoms with Gasteiger partial charge in [-0.3, -0.25) is 4.98 Å². The van der Waals surface area contributed by atoms with Gasteiger partial charge in [-0.2, -0.15) is 0 Å². The van der Waals surface area contributed by atoms with E-state index in [0.29, 0.717) is 18.2 Å². The lowest BCUT2D eigenvalue weighted by atomic mass is 9.93. The molecule has 1 aromatic rings. The summed E-state index contributed by atoms with van der Waals surface area (Å²) in [6.07, 6.45) is 3.73. The summed E-state index contributed by atoms with van der Waals surface area (Å²) in [5, 5.41) is 0. The van der Waals surface area contributed by atoms with E-state index < -0.39 is 10.0 Å². The molecule has 0 saturated heterocycles. The van der Waals surface area contributed by atoms with Crippen molar-refractivity contribution in [2.75, 3.05) is 6.54 Å². The van der Waals surface area contributed by atoms with Crippen LogP contribution in [-0.4, -0.2) is 19.9 Å². The van der Waals surface area contributed by atoms with Gasteiger partial charge in [-0.15, -0.1) is 0 Å². The molecule has 3 N–H and O–H groups in total. The largest absolute Gasteiger partial charge is 0.325 e. The number of sulfonamides is 1. The Morgan fingerprint density at radius 3 is 2.68 bits per heavy atom. The maximum atomic E-state index is 12.3. The van der Waals surface area contributed by atoms with E-state index in [9.17, 15) is 8.42 Å². The SMILES string of the molecule is CC(C)C1(CNS(=O)(=O)c2cccnc2CN)CC1. The fourth-order valence-electron chi connectivity index (χ4n) is 2.26. The molecule has 1 aliphatic rings. The van der Waals surface area contributed by atoms with Crippen LogP contribution in [0.3, 0.4) is 0 Å². The van der Waals surface area contributed by atoms with Crippen molar-refractivity contribution in [1.82, 2.24) is 9.71 Å². The van der Waals surface area contributed by atoms with Crippen molar-refractivity contribution >= 4 is 10.0 Å². The molecule has 1 heterocycles. The Morgan fingerprint density at radius 1 is 1.47 bits per heavy atom. The fraction of sp³-hybridized carbons (Fsp3) is 0.615. The Labute approximate surface area is 114 Å². The van der Waals surface area contributed by atoms with Gasteiger partial charge >= 0.3 is 0 Å². The van der Waals surface area contributed by atoms with Gasteiger partial charge in [-0.1, -0.05) is 13.8 Å². The van der Waals surface area contributed by atoms with Crippen LogP contribution in [0.1, 0.15) is 32.4 Å². The summed E-state index contributed by atoms with van der Waals surface area (Å²) in [7, 11) is -3.52. The summed E-state index contributed by atoms with van der Waals surface area (Å²) >= 11 is 0. The van der Waals surface area contributed by atoms with E-state index in [1.54, 1.807) is 18.3 Å². The van der Waals surface area contributed by atoms with E-state index in [4.69, 9.17) is 5.73 Å². The Balaban J connectivity index is 2.15. The molecule has 0 amide bonds. The number of aromatic nitrogens is 1. The Morgan fingerprint density at radius 2 is 2.16 bits per heavy atom. The van der Waals surface area contributed by atoms with Crippen LogP contribution in [0.5, 0.6) is 0 Å². The second-order valence-electron chi connectivity index (χ2n) is 5.49. The Hall–Kier alpha value is -0.980. The first-order valence-corrected chi connectivity index (χ1v) is 8.03. The molecule has 0 radical (unpaired) electrons. The first kappa shape index (κ1) is 14.4. The minimum Gasteiger partial charge on any atom is -0.325 e. The van der Waals surface area contributed by atoms with Crippen molar-refractivity contribution in [3.05, 3.63) is 24.0 Å². The van der Waals surface area contributed by atoms with Crippen LogP contribution in [0.4, 0.5) is 0 Å². The molecule has 1 fully saturated rings. The molecule has 0 aromatic carbocycles. The number of rotatable bonds is 6. The van der Waals surface area contributed by atoms with Gasteiger partial charge in [-0.05, 0) is 36.3 Å². The Bertz CT molecular complexity index is 551. The summed E-state index contributed by atoms with van der Waals surface area (Å²) in [5.74, 6) is 0.484. The van der Waals surface area contributed by atoms with E-state index >= 15 is 0 Å². The topological polar surface area (TPSA) is 85.1 Å². The maximum Gasteiger partial charge on any atom is 0.242 e. The number of nitrogens with two attached hydrogens (primary N) is 1. The molecule has 6 heteroatoms. The minimum atomic E-state index is -3.52. The van der Waals surface area contributed by atoms with Crippen LogP contribution in [0, 0.1) is 11.3 Å². The fourth-order valence-corrected chi connectivity index (χ4v) is 3.59. The van der Waals surface area contributed by atoms with Crippen molar-refractivity contribution in [3.8, 4) is 0 Å². The zero-order valence-corrected chi connectivity index (χ0v) is 12.2. The predicted octanol–water partition coefficient (Wildman–Crippen LogP) is 1.25. The lowest BCUT2D eigenvalue weighted by Gasteiger charge is -2.20. The highest BCUT2D eigenvalue weighted by Crippen LogP contribution is 2.51.